The standard InChI is InChI=1S/C13H17FN4O2/c1-7(12(19)17-8-5-6-8)16-13(20)9-3-2-4-10(14)11(9)18-15/h2-4,7-8,18H,5-6,15H2,1H3,(H,16,20)(H,17,19). The first-order valence-corrected chi connectivity index (χ1v) is 6.39. The van der Waals surface area contributed by atoms with E-state index < -0.39 is 17.8 Å². The number of halogens is 1. The number of benzene rings is 1. The number of para-hydroxylation sites is 1. The lowest BCUT2D eigenvalue weighted by molar-refractivity contribution is -0.122. The molecule has 0 saturated heterocycles. The molecule has 1 aromatic carbocycles. The Morgan fingerprint density at radius 2 is 2.10 bits per heavy atom. The van der Waals surface area contributed by atoms with Crippen LogP contribution in [-0.2, 0) is 4.79 Å². The average Bonchev–Trinajstić information content (AvgIpc) is 3.22. The second kappa shape index (κ2) is 5.87. The molecule has 0 aromatic heterocycles. The summed E-state index contributed by atoms with van der Waals surface area (Å²) >= 11 is 0. The van der Waals surface area contributed by atoms with Crippen LogP contribution in [0.1, 0.15) is 30.1 Å². The minimum absolute atomic E-state index is 0.0542. The van der Waals surface area contributed by atoms with E-state index in [4.69, 9.17) is 5.84 Å². The number of hydrogen-bond acceptors (Lipinski definition) is 4. The molecule has 7 heteroatoms. The third-order valence-corrected chi connectivity index (χ3v) is 3.07. The first kappa shape index (κ1) is 14.3. The van der Waals surface area contributed by atoms with Crippen LogP contribution in [0.3, 0.4) is 0 Å². The van der Waals surface area contributed by atoms with Gasteiger partial charge in [-0.2, -0.15) is 0 Å². The van der Waals surface area contributed by atoms with Crippen molar-refractivity contribution in [2.75, 3.05) is 5.43 Å². The lowest BCUT2D eigenvalue weighted by Gasteiger charge is -2.15. The first-order chi connectivity index (χ1) is 9.52. The highest BCUT2D eigenvalue weighted by molar-refractivity contribution is 6.01. The van der Waals surface area contributed by atoms with Crippen molar-refractivity contribution in [3.63, 3.8) is 0 Å². The highest BCUT2D eigenvalue weighted by atomic mass is 19.1. The summed E-state index contributed by atoms with van der Waals surface area (Å²) in [6.45, 7) is 1.57. The summed E-state index contributed by atoms with van der Waals surface area (Å²) in [4.78, 5) is 23.8. The van der Waals surface area contributed by atoms with Crippen LogP contribution in [0, 0.1) is 5.82 Å². The second-order valence-corrected chi connectivity index (χ2v) is 4.78. The number of nitrogens with one attached hydrogen (secondary N) is 3. The lowest BCUT2D eigenvalue weighted by atomic mass is 10.1. The van der Waals surface area contributed by atoms with Crippen LogP contribution < -0.4 is 21.9 Å². The number of hydrazine groups is 1. The van der Waals surface area contributed by atoms with Gasteiger partial charge in [-0.1, -0.05) is 6.07 Å². The van der Waals surface area contributed by atoms with Gasteiger partial charge in [0.05, 0.1) is 11.3 Å². The quantitative estimate of drug-likeness (QED) is 0.467. The van der Waals surface area contributed by atoms with Crippen molar-refractivity contribution in [3.05, 3.63) is 29.6 Å². The van der Waals surface area contributed by atoms with Crippen LogP contribution in [0.4, 0.5) is 10.1 Å². The number of hydrogen-bond donors (Lipinski definition) is 4. The topological polar surface area (TPSA) is 96.2 Å². The molecule has 0 spiro atoms. The van der Waals surface area contributed by atoms with E-state index in [1.165, 1.54) is 18.2 Å². The number of carbonyl (C=O) groups excluding carboxylic acids is 2. The molecule has 2 amide bonds. The van der Waals surface area contributed by atoms with Crippen molar-refractivity contribution in [2.45, 2.75) is 31.8 Å². The molecule has 1 aliphatic carbocycles. The lowest BCUT2D eigenvalue weighted by Crippen LogP contribution is -2.45. The highest BCUT2D eigenvalue weighted by Gasteiger charge is 2.26. The fourth-order valence-corrected chi connectivity index (χ4v) is 1.75. The van der Waals surface area contributed by atoms with Gasteiger partial charge in [-0.15, -0.1) is 0 Å². The van der Waals surface area contributed by atoms with E-state index >= 15 is 0 Å². The fraction of sp³-hybridized carbons (Fsp3) is 0.385. The molecular weight excluding hydrogens is 263 g/mol. The molecule has 0 heterocycles. The summed E-state index contributed by atoms with van der Waals surface area (Å²) in [5.74, 6) is 3.77. The zero-order valence-electron chi connectivity index (χ0n) is 11.1. The zero-order valence-corrected chi connectivity index (χ0v) is 11.1. The Balaban J connectivity index is 2.03. The minimum atomic E-state index is -0.697. The first-order valence-electron chi connectivity index (χ1n) is 6.39. The van der Waals surface area contributed by atoms with Gasteiger partial charge in [0.25, 0.3) is 5.91 Å². The monoisotopic (exact) mass is 280 g/mol. The molecular formula is C13H17FN4O2. The van der Waals surface area contributed by atoms with Gasteiger partial charge in [-0.25, -0.2) is 4.39 Å². The van der Waals surface area contributed by atoms with Crippen LogP contribution in [0.25, 0.3) is 0 Å². The third kappa shape index (κ3) is 3.24. The Bertz CT molecular complexity index is 531. The normalized spacial score (nSPS) is 15.3. The minimum Gasteiger partial charge on any atom is -0.352 e. The summed E-state index contributed by atoms with van der Waals surface area (Å²) in [5, 5.41) is 5.30. The number of carbonyl (C=O) groups is 2. The summed E-state index contributed by atoms with van der Waals surface area (Å²) in [7, 11) is 0. The number of rotatable bonds is 5. The van der Waals surface area contributed by atoms with Gasteiger partial charge < -0.3 is 16.1 Å². The van der Waals surface area contributed by atoms with E-state index in [1.54, 1.807) is 6.92 Å². The maximum atomic E-state index is 13.5. The van der Waals surface area contributed by atoms with Gasteiger partial charge in [0.1, 0.15) is 11.9 Å². The Morgan fingerprint density at radius 1 is 1.40 bits per heavy atom. The molecule has 1 unspecified atom stereocenters. The fourth-order valence-electron chi connectivity index (χ4n) is 1.75. The second-order valence-electron chi connectivity index (χ2n) is 4.78. The van der Waals surface area contributed by atoms with Crippen molar-refractivity contribution < 1.29 is 14.0 Å². The maximum absolute atomic E-state index is 13.5. The maximum Gasteiger partial charge on any atom is 0.254 e. The van der Waals surface area contributed by atoms with Crippen molar-refractivity contribution in [3.8, 4) is 0 Å². The highest BCUT2D eigenvalue weighted by Crippen LogP contribution is 2.19. The number of anilines is 1. The van der Waals surface area contributed by atoms with Gasteiger partial charge in [-0.05, 0) is 31.9 Å². The molecule has 5 N–H and O–H groups in total. The number of amides is 2. The van der Waals surface area contributed by atoms with E-state index in [1.807, 2.05) is 0 Å². The Kier molecular flexibility index (Phi) is 4.19. The van der Waals surface area contributed by atoms with Gasteiger partial charge in [0.15, 0.2) is 0 Å². The van der Waals surface area contributed by atoms with Gasteiger partial charge in [0, 0.05) is 6.04 Å². The van der Waals surface area contributed by atoms with E-state index in [2.05, 4.69) is 16.1 Å². The molecule has 2 rings (SSSR count). The molecule has 1 saturated carbocycles. The van der Waals surface area contributed by atoms with Crippen molar-refractivity contribution in [1.82, 2.24) is 10.6 Å². The Hall–Kier alpha value is -2.15. The van der Waals surface area contributed by atoms with Gasteiger partial charge in [0.2, 0.25) is 5.91 Å². The smallest absolute Gasteiger partial charge is 0.254 e. The average molecular weight is 280 g/mol. The molecule has 108 valence electrons. The summed E-state index contributed by atoms with van der Waals surface area (Å²) < 4.78 is 13.5. The van der Waals surface area contributed by atoms with E-state index in [0.717, 1.165) is 12.8 Å². The van der Waals surface area contributed by atoms with E-state index in [9.17, 15) is 14.0 Å². The van der Waals surface area contributed by atoms with Crippen LogP contribution >= 0.6 is 0 Å². The summed E-state index contributed by atoms with van der Waals surface area (Å²) in [5.41, 5.74) is 2.11. The van der Waals surface area contributed by atoms with Crippen LogP contribution in [0.2, 0.25) is 0 Å². The van der Waals surface area contributed by atoms with Gasteiger partial charge >= 0.3 is 0 Å². The predicted octanol–water partition coefficient (Wildman–Crippen LogP) is 0.508. The largest absolute Gasteiger partial charge is 0.352 e. The molecule has 0 bridgehead atoms. The summed E-state index contributed by atoms with van der Waals surface area (Å²) in [6, 6.07) is 3.54. The molecule has 1 aromatic rings. The molecule has 0 radical (unpaired) electrons. The SMILES string of the molecule is CC(NC(=O)c1cccc(F)c1NN)C(=O)NC1CC1. The third-order valence-electron chi connectivity index (χ3n) is 3.07. The van der Waals surface area contributed by atoms with E-state index in [-0.39, 0.29) is 23.2 Å². The van der Waals surface area contributed by atoms with Crippen LogP contribution in [-0.4, -0.2) is 23.9 Å². The number of nitrogen functional groups attached to an aromatic ring is 1. The van der Waals surface area contributed by atoms with Crippen molar-refractivity contribution >= 4 is 17.5 Å². The van der Waals surface area contributed by atoms with Crippen molar-refractivity contribution in [2.24, 2.45) is 5.84 Å². The van der Waals surface area contributed by atoms with Crippen LogP contribution in [0.5, 0.6) is 0 Å². The molecule has 0 aliphatic heterocycles. The Morgan fingerprint density at radius 3 is 2.70 bits per heavy atom. The number of nitrogens with two attached hydrogens (primary N) is 1. The van der Waals surface area contributed by atoms with Crippen molar-refractivity contribution in [1.29, 1.82) is 0 Å². The Labute approximate surface area is 115 Å². The molecule has 20 heavy (non-hydrogen) atoms. The molecule has 1 atom stereocenters. The zero-order chi connectivity index (χ0) is 14.7. The summed E-state index contributed by atoms with van der Waals surface area (Å²) in [6.07, 6.45) is 1.94. The van der Waals surface area contributed by atoms with Gasteiger partial charge in [-0.3, -0.25) is 15.4 Å². The van der Waals surface area contributed by atoms with Crippen LogP contribution in [0.15, 0.2) is 18.2 Å². The predicted molar refractivity (Wildman–Crippen MR) is 72.3 cm³/mol. The molecule has 1 fully saturated rings. The molecule has 1 aliphatic rings. The molecule has 6 nitrogen and oxygen atoms in total. The van der Waals surface area contributed by atoms with E-state index in [0.29, 0.717) is 0 Å².